The van der Waals surface area contributed by atoms with Crippen LogP contribution in [0.5, 0.6) is 0 Å². The Labute approximate surface area is 97.4 Å². The van der Waals surface area contributed by atoms with Gasteiger partial charge in [-0.3, -0.25) is 0 Å². The summed E-state index contributed by atoms with van der Waals surface area (Å²) in [5.41, 5.74) is 1.06. The van der Waals surface area contributed by atoms with E-state index in [2.05, 4.69) is 40.4 Å². The zero-order valence-corrected chi connectivity index (χ0v) is 10.3. The Hall–Kier alpha value is -0.900. The molecule has 2 rings (SSSR count). The second-order valence-corrected chi connectivity index (χ2v) is 4.90. The van der Waals surface area contributed by atoms with Crippen molar-refractivity contribution < 1.29 is 0 Å². The van der Waals surface area contributed by atoms with Crippen LogP contribution in [0.25, 0.3) is 0 Å². The molecule has 1 aliphatic rings. The highest BCUT2D eigenvalue weighted by atomic mass is 15.4. The minimum atomic E-state index is 0.576. The van der Waals surface area contributed by atoms with Crippen LogP contribution in [0.3, 0.4) is 0 Å². The van der Waals surface area contributed by atoms with Gasteiger partial charge in [-0.2, -0.15) is 0 Å². The quantitative estimate of drug-likeness (QED) is 0.848. The third kappa shape index (κ3) is 2.82. The van der Waals surface area contributed by atoms with Crippen LogP contribution in [-0.4, -0.2) is 21.5 Å². The van der Waals surface area contributed by atoms with Gasteiger partial charge in [0.1, 0.15) is 0 Å². The third-order valence-electron chi connectivity index (χ3n) is 3.40. The van der Waals surface area contributed by atoms with E-state index in [9.17, 15) is 0 Å². The zero-order valence-electron chi connectivity index (χ0n) is 10.3. The summed E-state index contributed by atoms with van der Waals surface area (Å²) in [6.45, 7) is 6.25. The lowest BCUT2D eigenvalue weighted by Gasteiger charge is -2.26. The van der Waals surface area contributed by atoms with E-state index in [1.54, 1.807) is 0 Å². The van der Waals surface area contributed by atoms with E-state index < -0.39 is 0 Å². The third-order valence-corrected chi connectivity index (χ3v) is 3.40. The first-order valence-corrected chi connectivity index (χ1v) is 6.41. The SMILES string of the molecule is CCNCc1cn(C2CCCC(C)C2)nn1. The highest BCUT2D eigenvalue weighted by molar-refractivity contribution is 4.93. The van der Waals surface area contributed by atoms with Gasteiger partial charge >= 0.3 is 0 Å². The van der Waals surface area contributed by atoms with Crippen molar-refractivity contribution in [2.45, 2.75) is 52.1 Å². The first kappa shape index (κ1) is 11.6. The Morgan fingerprint density at radius 3 is 3.12 bits per heavy atom. The molecule has 1 aromatic heterocycles. The summed E-state index contributed by atoms with van der Waals surface area (Å²) >= 11 is 0. The fourth-order valence-electron chi connectivity index (χ4n) is 2.47. The summed E-state index contributed by atoms with van der Waals surface area (Å²) in [7, 11) is 0. The monoisotopic (exact) mass is 222 g/mol. The van der Waals surface area contributed by atoms with Gasteiger partial charge in [-0.1, -0.05) is 31.9 Å². The van der Waals surface area contributed by atoms with E-state index in [1.807, 2.05) is 0 Å². The Balaban J connectivity index is 1.95. The summed E-state index contributed by atoms with van der Waals surface area (Å²) in [4.78, 5) is 0. The molecule has 0 bridgehead atoms. The molecule has 0 radical (unpaired) electrons. The zero-order chi connectivity index (χ0) is 11.4. The number of hydrogen-bond donors (Lipinski definition) is 1. The van der Waals surface area contributed by atoms with Gasteiger partial charge in [-0.15, -0.1) is 5.10 Å². The number of nitrogens with zero attached hydrogens (tertiary/aromatic N) is 3. The van der Waals surface area contributed by atoms with Crippen molar-refractivity contribution in [2.24, 2.45) is 5.92 Å². The van der Waals surface area contributed by atoms with Gasteiger partial charge < -0.3 is 5.32 Å². The maximum atomic E-state index is 4.25. The molecule has 2 atom stereocenters. The smallest absolute Gasteiger partial charge is 0.0964 e. The number of aromatic nitrogens is 3. The molecule has 1 aliphatic carbocycles. The minimum Gasteiger partial charge on any atom is -0.311 e. The molecule has 1 fully saturated rings. The van der Waals surface area contributed by atoms with Crippen molar-refractivity contribution in [3.05, 3.63) is 11.9 Å². The molecule has 0 amide bonds. The van der Waals surface area contributed by atoms with Gasteiger partial charge in [0, 0.05) is 6.54 Å². The lowest BCUT2D eigenvalue weighted by molar-refractivity contribution is 0.263. The molecule has 2 unspecified atom stereocenters. The van der Waals surface area contributed by atoms with Gasteiger partial charge in [0.2, 0.25) is 0 Å². The van der Waals surface area contributed by atoms with E-state index in [0.717, 1.165) is 24.7 Å². The molecule has 0 saturated heterocycles. The van der Waals surface area contributed by atoms with E-state index in [0.29, 0.717) is 6.04 Å². The summed E-state index contributed by atoms with van der Waals surface area (Å²) in [5, 5.41) is 11.7. The molecular formula is C12H22N4. The summed E-state index contributed by atoms with van der Waals surface area (Å²) in [6, 6.07) is 0.576. The molecule has 4 nitrogen and oxygen atoms in total. The molecular weight excluding hydrogens is 200 g/mol. The molecule has 4 heteroatoms. The minimum absolute atomic E-state index is 0.576. The molecule has 0 aliphatic heterocycles. The number of nitrogens with one attached hydrogen (secondary N) is 1. The van der Waals surface area contributed by atoms with Gasteiger partial charge in [-0.05, 0) is 25.3 Å². The average Bonchev–Trinajstić information content (AvgIpc) is 2.75. The summed E-state index contributed by atoms with van der Waals surface area (Å²) in [5.74, 6) is 0.833. The van der Waals surface area contributed by atoms with Gasteiger partial charge in [0.05, 0.1) is 17.9 Å². The van der Waals surface area contributed by atoms with Crippen LogP contribution in [0.2, 0.25) is 0 Å². The molecule has 0 aromatic carbocycles. The molecule has 1 heterocycles. The topological polar surface area (TPSA) is 42.7 Å². The van der Waals surface area contributed by atoms with Crippen LogP contribution in [-0.2, 0) is 6.54 Å². The fraction of sp³-hybridized carbons (Fsp3) is 0.833. The van der Waals surface area contributed by atoms with Crippen LogP contribution < -0.4 is 5.32 Å². The van der Waals surface area contributed by atoms with Gasteiger partial charge in [-0.25, -0.2) is 4.68 Å². The van der Waals surface area contributed by atoms with Gasteiger partial charge in [0.25, 0.3) is 0 Å². The van der Waals surface area contributed by atoms with Crippen molar-refractivity contribution in [1.82, 2.24) is 20.3 Å². The second-order valence-electron chi connectivity index (χ2n) is 4.90. The number of hydrogen-bond acceptors (Lipinski definition) is 3. The highest BCUT2D eigenvalue weighted by Crippen LogP contribution is 2.31. The van der Waals surface area contributed by atoms with E-state index in [-0.39, 0.29) is 0 Å². The summed E-state index contributed by atoms with van der Waals surface area (Å²) in [6.07, 6.45) is 7.31. The van der Waals surface area contributed by atoms with Crippen molar-refractivity contribution in [2.75, 3.05) is 6.54 Å². The van der Waals surface area contributed by atoms with Crippen molar-refractivity contribution in [1.29, 1.82) is 0 Å². The maximum absolute atomic E-state index is 4.25. The van der Waals surface area contributed by atoms with Gasteiger partial charge in [0.15, 0.2) is 0 Å². The lowest BCUT2D eigenvalue weighted by Crippen LogP contribution is -2.18. The normalized spacial score (nSPS) is 25.9. The first-order chi connectivity index (χ1) is 7.79. The Morgan fingerprint density at radius 1 is 1.50 bits per heavy atom. The van der Waals surface area contributed by atoms with Crippen LogP contribution in [0, 0.1) is 5.92 Å². The molecule has 1 aromatic rings. The van der Waals surface area contributed by atoms with E-state index in [4.69, 9.17) is 0 Å². The molecule has 90 valence electrons. The predicted octanol–water partition coefficient (Wildman–Crippen LogP) is 2.14. The maximum Gasteiger partial charge on any atom is 0.0964 e. The predicted molar refractivity (Wildman–Crippen MR) is 64.1 cm³/mol. The van der Waals surface area contributed by atoms with Crippen molar-refractivity contribution in [3.63, 3.8) is 0 Å². The fourth-order valence-corrected chi connectivity index (χ4v) is 2.47. The Bertz CT molecular complexity index is 321. The molecule has 0 spiro atoms. The average molecular weight is 222 g/mol. The Morgan fingerprint density at radius 2 is 2.38 bits per heavy atom. The van der Waals surface area contributed by atoms with E-state index in [1.165, 1.54) is 25.7 Å². The molecule has 1 N–H and O–H groups in total. The first-order valence-electron chi connectivity index (χ1n) is 6.41. The summed E-state index contributed by atoms with van der Waals surface area (Å²) < 4.78 is 2.07. The van der Waals surface area contributed by atoms with E-state index >= 15 is 0 Å². The standard InChI is InChI=1S/C12H22N4/c1-3-13-8-11-9-16(15-14-11)12-6-4-5-10(2)7-12/h9-10,12-13H,3-8H2,1-2H3. The molecule has 1 saturated carbocycles. The second kappa shape index (κ2) is 5.43. The van der Waals surface area contributed by atoms with Crippen LogP contribution in [0.1, 0.15) is 51.3 Å². The van der Waals surface area contributed by atoms with Crippen molar-refractivity contribution >= 4 is 0 Å². The van der Waals surface area contributed by atoms with Crippen LogP contribution >= 0.6 is 0 Å². The molecule has 16 heavy (non-hydrogen) atoms. The van der Waals surface area contributed by atoms with Crippen molar-refractivity contribution in [3.8, 4) is 0 Å². The highest BCUT2D eigenvalue weighted by Gasteiger charge is 2.21. The largest absolute Gasteiger partial charge is 0.311 e. The number of rotatable bonds is 4. The van der Waals surface area contributed by atoms with Crippen LogP contribution in [0.4, 0.5) is 0 Å². The van der Waals surface area contributed by atoms with Crippen LogP contribution in [0.15, 0.2) is 6.20 Å². The Kier molecular flexibility index (Phi) is 3.93. The lowest BCUT2D eigenvalue weighted by atomic mass is 9.87.